The molecule has 0 spiro atoms. The van der Waals surface area contributed by atoms with E-state index in [1.165, 1.54) is 43.3 Å². The molecule has 0 radical (unpaired) electrons. The second kappa shape index (κ2) is 9.36. The summed E-state index contributed by atoms with van der Waals surface area (Å²) in [6, 6.07) is 7.73. The fraction of sp³-hybridized carbons (Fsp3) is 0.158. The van der Waals surface area contributed by atoms with Crippen LogP contribution in [0.15, 0.2) is 48.5 Å². The van der Waals surface area contributed by atoms with Gasteiger partial charge in [-0.05, 0) is 36.8 Å². The molecule has 0 aliphatic heterocycles. The zero-order valence-corrected chi connectivity index (χ0v) is 14.7. The van der Waals surface area contributed by atoms with Gasteiger partial charge in [0.05, 0.1) is 11.0 Å². The van der Waals surface area contributed by atoms with E-state index in [1.54, 1.807) is 0 Å². The molecule has 2 aromatic carbocycles. The minimum Gasteiger partial charge on any atom is -0.452 e. The Morgan fingerprint density at radius 3 is 2.50 bits per heavy atom. The molecule has 0 fully saturated rings. The first-order chi connectivity index (χ1) is 13.3. The number of nitro groups is 1. The predicted molar refractivity (Wildman–Crippen MR) is 96.0 cm³/mol. The zero-order valence-electron chi connectivity index (χ0n) is 14.7. The van der Waals surface area contributed by atoms with Crippen LogP contribution >= 0.6 is 0 Å². The molecular formula is C19H16F2N2O5. The SMILES string of the molecule is C[C@@H](NC(=O)COC(=O)/C=C/c1ccc([N+](=O)[O-])cc1)c1ccc(F)cc1F. The third-order valence-electron chi connectivity index (χ3n) is 3.67. The Morgan fingerprint density at radius 1 is 1.21 bits per heavy atom. The molecule has 2 rings (SSSR count). The highest BCUT2D eigenvalue weighted by Crippen LogP contribution is 2.17. The van der Waals surface area contributed by atoms with Crippen molar-refractivity contribution in [2.45, 2.75) is 13.0 Å². The summed E-state index contributed by atoms with van der Waals surface area (Å²) in [5.41, 5.74) is 0.551. The molecule has 9 heteroatoms. The monoisotopic (exact) mass is 390 g/mol. The quantitative estimate of drug-likeness (QED) is 0.338. The maximum Gasteiger partial charge on any atom is 0.331 e. The minimum atomic E-state index is -0.797. The molecule has 2 aromatic rings. The average molecular weight is 390 g/mol. The minimum absolute atomic E-state index is 0.0805. The fourth-order valence-electron chi connectivity index (χ4n) is 2.27. The van der Waals surface area contributed by atoms with Crippen molar-refractivity contribution in [2.24, 2.45) is 0 Å². The van der Waals surface area contributed by atoms with Crippen molar-refractivity contribution in [1.29, 1.82) is 0 Å². The highest BCUT2D eigenvalue weighted by Gasteiger charge is 2.15. The number of hydrogen-bond donors (Lipinski definition) is 1. The van der Waals surface area contributed by atoms with E-state index in [1.807, 2.05) is 0 Å². The lowest BCUT2D eigenvalue weighted by Crippen LogP contribution is -2.31. The van der Waals surface area contributed by atoms with Crippen molar-refractivity contribution in [3.63, 3.8) is 0 Å². The van der Waals surface area contributed by atoms with Crippen LogP contribution in [0.2, 0.25) is 0 Å². The van der Waals surface area contributed by atoms with Crippen LogP contribution in [0.4, 0.5) is 14.5 Å². The maximum atomic E-state index is 13.7. The number of hydrogen-bond acceptors (Lipinski definition) is 5. The van der Waals surface area contributed by atoms with Gasteiger partial charge in [0.1, 0.15) is 11.6 Å². The summed E-state index contributed by atoms with van der Waals surface area (Å²) in [6.07, 6.45) is 2.44. The summed E-state index contributed by atoms with van der Waals surface area (Å²) < 4.78 is 31.4. The van der Waals surface area contributed by atoms with Gasteiger partial charge < -0.3 is 10.1 Å². The Morgan fingerprint density at radius 2 is 1.89 bits per heavy atom. The molecule has 28 heavy (non-hydrogen) atoms. The Labute approximate surface area is 158 Å². The lowest BCUT2D eigenvalue weighted by Gasteiger charge is -2.15. The standard InChI is InChI=1S/C19H16F2N2O5/c1-12(16-8-5-14(20)10-17(16)21)22-18(24)11-28-19(25)9-4-13-2-6-15(7-3-13)23(26)27/h2-10,12H,11H2,1H3,(H,22,24)/b9-4+/t12-/m1/s1. The van der Waals surface area contributed by atoms with E-state index >= 15 is 0 Å². The van der Waals surface area contributed by atoms with Crippen molar-refractivity contribution in [1.82, 2.24) is 5.32 Å². The predicted octanol–water partition coefficient (Wildman–Crippen LogP) is 3.31. The molecule has 0 unspecified atom stereocenters. The second-order valence-electron chi connectivity index (χ2n) is 5.74. The Balaban J connectivity index is 1.83. The van der Waals surface area contributed by atoms with Crippen LogP contribution in [0.1, 0.15) is 24.1 Å². The number of carbonyl (C=O) groups is 2. The molecule has 1 N–H and O–H groups in total. The Bertz CT molecular complexity index is 913. The van der Waals surface area contributed by atoms with Crippen LogP contribution in [-0.2, 0) is 14.3 Å². The largest absolute Gasteiger partial charge is 0.452 e. The number of non-ortho nitro benzene ring substituents is 1. The first-order valence-corrected chi connectivity index (χ1v) is 8.10. The van der Waals surface area contributed by atoms with E-state index in [-0.39, 0.29) is 11.3 Å². The van der Waals surface area contributed by atoms with E-state index in [0.717, 1.165) is 12.1 Å². The number of amides is 1. The molecule has 0 aliphatic carbocycles. The molecule has 1 amide bonds. The van der Waals surface area contributed by atoms with Crippen molar-refractivity contribution >= 4 is 23.6 Å². The zero-order chi connectivity index (χ0) is 20.7. The number of rotatable bonds is 7. The van der Waals surface area contributed by atoms with E-state index in [0.29, 0.717) is 11.6 Å². The number of benzene rings is 2. The van der Waals surface area contributed by atoms with E-state index in [9.17, 15) is 28.5 Å². The first-order valence-electron chi connectivity index (χ1n) is 8.10. The third kappa shape index (κ3) is 5.97. The number of esters is 1. The van der Waals surface area contributed by atoms with Gasteiger partial charge in [-0.15, -0.1) is 0 Å². The second-order valence-corrected chi connectivity index (χ2v) is 5.74. The maximum absolute atomic E-state index is 13.7. The molecule has 0 bridgehead atoms. The van der Waals surface area contributed by atoms with Gasteiger partial charge in [-0.2, -0.15) is 0 Å². The molecule has 0 saturated carbocycles. The number of carbonyl (C=O) groups excluding carboxylic acids is 2. The molecule has 0 aromatic heterocycles. The van der Waals surface area contributed by atoms with E-state index in [2.05, 4.69) is 5.32 Å². The summed E-state index contributed by atoms with van der Waals surface area (Å²) in [7, 11) is 0. The van der Waals surface area contributed by atoms with Gasteiger partial charge in [0.15, 0.2) is 6.61 Å². The number of nitrogens with one attached hydrogen (secondary N) is 1. The van der Waals surface area contributed by atoms with Crippen molar-refractivity contribution < 1.29 is 28.0 Å². The van der Waals surface area contributed by atoms with E-state index < -0.39 is 41.1 Å². The van der Waals surface area contributed by atoms with Gasteiger partial charge in [-0.1, -0.05) is 6.07 Å². The van der Waals surface area contributed by atoms with Gasteiger partial charge >= 0.3 is 5.97 Å². The van der Waals surface area contributed by atoms with Gasteiger partial charge in [0, 0.05) is 29.8 Å². The Kier molecular flexibility index (Phi) is 6.91. The average Bonchev–Trinajstić information content (AvgIpc) is 2.64. The molecule has 0 heterocycles. The number of nitrogens with zero attached hydrogens (tertiary/aromatic N) is 1. The number of nitro benzene ring substituents is 1. The number of ether oxygens (including phenoxy) is 1. The molecule has 0 saturated heterocycles. The Hall–Kier alpha value is -3.62. The molecule has 1 atom stereocenters. The summed E-state index contributed by atoms with van der Waals surface area (Å²) in [5.74, 6) is -2.98. The van der Waals surface area contributed by atoms with Crippen LogP contribution in [0.5, 0.6) is 0 Å². The number of halogens is 2. The van der Waals surface area contributed by atoms with Crippen molar-refractivity contribution in [3.8, 4) is 0 Å². The topological polar surface area (TPSA) is 98.5 Å². The molecular weight excluding hydrogens is 374 g/mol. The van der Waals surface area contributed by atoms with Crippen molar-refractivity contribution in [3.05, 3.63) is 81.4 Å². The van der Waals surface area contributed by atoms with Crippen LogP contribution < -0.4 is 5.32 Å². The fourth-order valence-corrected chi connectivity index (χ4v) is 2.27. The third-order valence-corrected chi connectivity index (χ3v) is 3.67. The van der Waals surface area contributed by atoms with Gasteiger partial charge in [-0.25, -0.2) is 13.6 Å². The summed E-state index contributed by atoms with van der Waals surface area (Å²) >= 11 is 0. The molecule has 146 valence electrons. The van der Waals surface area contributed by atoms with E-state index in [4.69, 9.17) is 4.74 Å². The van der Waals surface area contributed by atoms with Gasteiger partial charge in [0.2, 0.25) is 0 Å². The highest BCUT2D eigenvalue weighted by atomic mass is 19.1. The molecule has 7 nitrogen and oxygen atoms in total. The highest BCUT2D eigenvalue weighted by molar-refractivity contribution is 5.89. The van der Waals surface area contributed by atoms with Gasteiger partial charge in [0.25, 0.3) is 11.6 Å². The smallest absolute Gasteiger partial charge is 0.331 e. The summed E-state index contributed by atoms with van der Waals surface area (Å²) in [6.45, 7) is 0.918. The molecule has 0 aliphatic rings. The first kappa shape index (κ1) is 20.7. The van der Waals surface area contributed by atoms with Crippen LogP contribution in [0, 0.1) is 21.7 Å². The summed E-state index contributed by atoms with van der Waals surface area (Å²) in [4.78, 5) is 33.5. The lowest BCUT2D eigenvalue weighted by molar-refractivity contribution is -0.384. The normalized spacial score (nSPS) is 11.8. The van der Waals surface area contributed by atoms with Crippen LogP contribution in [-0.4, -0.2) is 23.4 Å². The van der Waals surface area contributed by atoms with Crippen LogP contribution in [0.3, 0.4) is 0 Å². The van der Waals surface area contributed by atoms with Gasteiger partial charge in [-0.3, -0.25) is 14.9 Å². The van der Waals surface area contributed by atoms with Crippen LogP contribution in [0.25, 0.3) is 6.08 Å². The summed E-state index contributed by atoms with van der Waals surface area (Å²) in [5, 5.41) is 13.0. The van der Waals surface area contributed by atoms with Crippen molar-refractivity contribution in [2.75, 3.05) is 6.61 Å². The lowest BCUT2D eigenvalue weighted by atomic mass is 10.1.